The predicted octanol–water partition coefficient (Wildman–Crippen LogP) is 1.71. The van der Waals surface area contributed by atoms with E-state index in [2.05, 4.69) is 31.0 Å². The topological polar surface area (TPSA) is 35.5 Å². The first-order valence-electron chi connectivity index (χ1n) is 7.22. The summed E-state index contributed by atoms with van der Waals surface area (Å²) in [6, 6.07) is 0.649. The number of hydrogen-bond donors (Lipinski definition) is 2. The first-order chi connectivity index (χ1) is 8.15. The van der Waals surface area contributed by atoms with Crippen molar-refractivity contribution in [3.05, 3.63) is 0 Å². The number of nitrogens with zero attached hydrogens (tertiary/aromatic N) is 1. The maximum absolute atomic E-state index is 8.95. The van der Waals surface area contributed by atoms with Crippen LogP contribution in [0.15, 0.2) is 0 Å². The molecular weight excluding hydrogens is 212 g/mol. The second-order valence-corrected chi connectivity index (χ2v) is 5.83. The minimum Gasteiger partial charge on any atom is -0.396 e. The van der Waals surface area contributed by atoms with Crippen molar-refractivity contribution in [3.63, 3.8) is 0 Å². The van der Waals surface area contributed by atoms with E-state index < -0.39 is 0 Å². The molecular formula is C14H30N2O. The van der Waals surface area contributed by atoms with Gasteiger partial charge in [-0.1, -0.05) is 20.8 Å². The average molecular weight is 242 g/mol. The summed E-state index contributed by atoms with van der Waals surface area (Å²) >= 11 is 0. The monoisotopic (exact) mass is 242 g/mol. The van der Waals surface area contributed by atoms with Gasteiger partial charge in [0.05, 0.1) is 0 Å². The Kier molecular flexibility index (Phi) is 7.09. The van der Waals surface area contributed by atoms with Crippen molar-refractivity contribution in [3.8, 4) is 0 Å². The number of aliphatic hydroxyl groups is 1. The molecule has 1 aliphatic heterocycles. The summed E-state index contributed by atoms with van der Waals surface area (Å²) in [5.74, 6) is 1.51. The molecule has 0 bridgehead atoms. The summed E-state index contributed by atoms with van der Waals surface area (Å²) in [6.45, 7) is 11.8. The number of hydrogen-bond acceptors (Lipinski definition) is 3. The van der Waals surface area contributed by atoms with Gasteiger partial charge < -0.3 is 15.3 Å². The zero-order valence-electron chi connectivity index (χ0n) is 11.8. The lowest BCUT2D eigenvalue weighted by Crippen LogP contribution is -2.50. The Labute approximate surface area is 107 Å². The number of likely N-dealkylation sites (tertiary alicyclic amines) is 1. The summed E-state index contributed by atoms with van der Waals surface area (Å²) in [4.78, 5) is 2.60. The Bertz CT molecular complexity index is 197. The summed E-state index contributed by atoms with van der Waals surface area (Å²) in [5.41, 5.74) is 0. The SMILES string of the molecule is CCNC1CC(CCCO)CN(CC(C)C)C1. The molecule has 102 valence electrons. The van der Waals surface area contributed by atoms with Crippen LogP contribution in [-0.2, 0) is 0 Å². The van der Waals surface area contributed by atoms with Gasteiger partial charge in [-0.05, 0) is 37.6 Å². The number of rotatable bonds is 7. The minimum atomic E-state index is 0.340. The Morgan fingerprint density at radius 3 is 2.71 bits per heavy atom. The Morgan fingerprint density at radius 2 is 2.12 bits per heavy atom. The van der Waals surface area contributed by atoms with Gasteiger partial charge in [-0.3, -0.25) is 0 Å². The van der Waals surface area contributed by atoms with Crippen LogP contribution in [-0.4, -0.2) is 48.8 Å². The molecule has 0 aromatic carbocycles. The molecule has 0 aliphatic carbocycles. The van der Waals surface area contributed by atoms with E-state index in [0.717, 1.165) is 24.8 Å². The fraction of sp³-hybridized carbons (Fsp3) is 1.00. The van der Waals surface area contributed by atoms with Crippen molar-refractivity contribution in [2.45, 2.75) is 46.1 Å². The first kappa shape index (κ1) is 14.9. The molecule has 0 amide bonds. The highest BCUT2D eigenvalue weighted by atomic mass is 16.2. The molecule has 1 fully saturated rings. The van der Waals surface area contributed by atoms with Crippen molar-refractivity contribution >= 4 is 0 Å². The van der Waals surface area contributed by atoms with Gasteiger partial charge in [0, 0.05) is 32.3 Å². The highest BCUT2D eigenvalue weighted by molar-refractivity contribution is 4.83. The van der Waals surface area contributed by atoms with Crippen molar-refractivity contribution < 1.29 is 5.11 Å². The molecule has 0 spiro atoms. The van der Waals surface area contributed by atoms with Crippen LogP contribution in [0.25, 0.3) is 0 Å². The van der Waals surface area contributed by atoms with Gasteiger partial charge in [-0.2, -0.15) is 0 Å². The number of nitrogens with one attached hydrogen (secondary N) is 1. The lowest BCUT2D eigenvalue weighted by Gasteiger charge is -2.39. The van der Waals surface area contributed by atoms with Gasteiger partial charge in [0.2, 0.25) is 0 Å². The first-order valence-corrected chi connectivity index (χ1v) is 7.22. The maximum atomic E-state index is 8.95. The third kappa shape index (κ3) is 5.84. The van der Waals surface area contributed by atoms with Crippen LogP contribution in [0.3, 0.4) is 0 Å². The summed E-state index contributed by atoms with van der Waals surface area (Å²) in [7, 11) is 0. The smallest absolute Gasteiger partial charge is 0.0431 e. The van der Waals surface area contributed by atoms with Crippen LogP contribution in [0, 0.1) is 11.8 Å². The van der Waals surface area contributed by atoms with E-state index in [1.165, 1.54) is 32.5 Å². The van der Waals surface area contributed by atoms with Gasteiger partial charge in [0.1, 0.15) is 0 Å². The van der Waals surface area contributed by atoms with Crippen molar-refractivity contribution in [1.82, 2.24) is 10.2 Å². The zero-order valence-corrected chi connectivity index (χ0v) is 11.8. The second kappa shape index (κ2) is 8.06. The molecule has 2 atom stereocenters. The number of piperidine rings is 1. The van der Waals surface area contributed by atoms with Gasteiger partial charge in [0.25, 0.3) is 0 Å². The van der Waals surface area contributed by atoms with Crippen molar-refractivity contribution in [2.24, 2.45) is 11.8 Å². The number of aliphatic hydroxyl groups excluding tert-OH is 1. The quantitative estimate of drug-likeness (QED) is 0.713. The van der Waals surface area contributed by atoms with E-state index in [1.54, 1.807) is 0 Å². The van der Waals surface area contributed by atoms with Crippen LogP contribution in [0.2, 0.25) is 0 Å². The van der Waals surface area contributed by atoms with Crippen molar-refractivity contribution in [1.29, 1.82) is 0 Å². The molecule has 1 rings (SSSR count). The van der Waals surface area contributed by atoms with E-state index in [1.807, 2.05) is 0 Å². The molecule has 0 aromatic rings. The van der Waals surface area contributed by atoms with E-state index in [0.29, 0.717) is 12.6 Å². The molecule has 1 heterocycles. The van der Waals surface area contributed by atoms with Crippen LogP contribution < -0.4 is 5.32 Å². The number of likely N-dealkylation sites (N-methyl/N-ethyl adjacent to an activating group) is 1. The molecule has 3 nitrogen and oxygen atoms in total. The summed E-state index contributed by atoms with van der Waals surface area (Å²) in [6.07, 6.45) is 3.41. The van der Waals surface area contributed by atoms with Crippen LogP contribution >= 0.6 is 0 Å². The largest absolute Gasteiger partial charge is 0.396 e. The average Bonchev–Trinajstić information content (AvgIpc) is 2.25. The molecule has 17 heavy (non-hydrogen) atoms. The molecule has 0 radical (unpaired) electrons. The van der Waals surface area contributed by atoms with Crippen LogP contribution in [0.5, 0.6) is 0 Å². The van der Waals surface area contributed by atoms with Gasteiger partial charge in [-0.15, -0.1) is 0 Å². The summed E-state index contributed by atoms with van der Waals surface area (Å²) in [5, 5.41) is 12.5. The third-order valence-corrected chi connectivity index (χ3v) is 3.50. The van der Waals surface area contributed by atoms with E-state index in [-0.39, 0.29) is 0 Å². The molecule has 1 saturated heterocycles. The predicted molar refractivity (Wildman–Crippen MR) is 73.2 cm³/mol. The van der Waals surface area contributed by atoms with Gasteiger partial charge in [-0.25, -0.2) is 0 Å². The normalized spacial score (nSPS) is 26.6. The van der Waals surface area contributed by atoms with Gasteiger partial charge in [0.15, 0.2) is 0 Å². The molecule has 2 N–H and O–H groups in total. The standard InChI is InChI=1S/C14H30N2O/c1-4-15-14-8-13(6-5-7-17)10-16(11-14)9-12(2)3/h12-15,17H,4-11H2,1-3H3. The highest BCUT2D eigenvalue weighted by Crippen LogP contribution is 2.22. The fourth-order valence-corrected chi connectivity index (χ4v) is 2.99. The van der Waals surface area contributed by atoms with Gasteiger partial charge >= 0.3 is 0 Å². The zero-order chi connectivity index (χ0) is 12.7. The van der Waals surface area contributed by atoms with E-state index in [9.17, 15) is 0 Å². The van der Waals surface area contributed by atoms with E-state index >= 15 is 0 Å². The lowest BCUT2D eigenvalue weighted by atomic mass is 9.90. The highest BCUT2D eigenvalue weighted by Gasteiger charge is 2.26. The Morgan fingerprint density at radius 1 is 1.35 bits per heavy atom. The fourth-order valence-electron chi connectivity index (χ4n) is 2.99. The van der Waals surface area contributed by atoms with Crippen LogP contribution in [0.1, 0.15) is 40.0 Å². The third-order valence-electron chi connectivity index (χ3n) is 3.50. The molecule has 3 heteroatoms. The lowest BCUT2D eigenvalue weighted by molar-refractivity contribution is 0.119. The van der Waals surface area contributed by atoms with Crippen LogP contribution in [0.4, 0.5) is 0 Å². The maximum Gasteiger partial charge on any atom is 0.0431 e. The molecule has 0 aromatic heterocycles. The minimum absolute atomic E-state index is 0.340. The molecule has 2 unspecified atom stereocenters. The van der Waals surface area contributed by atoms with E-state index in [4.69, 9.17) is 5.11 Å². The molecule has 1 aliphatic rings. The van der Waals surface area contributed by atoms with Crippen molar-refractivity contribution in [2.75, 3.05) is 32.8 Å². The Balaban J connectivity index is 2.43. The second-order valence-electron chi connectivity index (χ2n) is 5.83. The Hall–Kier alpha value is -0.120. The molecule has 0 saturated carbocycles. The summed E-state index contributed by atoms with van der Waals surface area (Å²) < 4.78 is 0.